The van der Waals surface area contributed by atoms with Crippen LogP contribution in [0.4, 0.5) is 0 Å². The second kappa shape index (κ2) is 4.98. The lowest BCUT2D eigenvalue weighted by molar-refractivity contribution is 0.0736. The lowest BCUT2D eigenvalue weighted by Gasteiger charge is -2.26. The molecule has 108 valence electrons. The fourth-order valence-electron chi connectivity index (χ4n) is 3.36. The third-order valence-electron chi connectivity index (χ3n) is 4.65. The smallest absolute Gasteiger partial charge is 0.257 e. The minimum atomic E-state index is -0.195. The molecule has 2 unspecified atom stereocenters. The van der Waals surface area contributed by atoms with Crippen LogP contribution in [0.5, 0.6) is 11.5 Å². The second-order valence-electron chi connectivity index (χ2n) is 5.79. The minimum absolute atomic E-state index is 0.000360. The zero-order valence-electron chi connectivity index (χ0n) is 11.6. The summed E-state index contributed by atoms with van der Waals surface area (Å²) in [6, 6.07) is 5.05. The highest BCUT2D eigenvalue weighted by Gasteiger charge is 2.36. The van der Waals surface area contributed by atoms with Gasteiger partial charge in [-0.25, -0.2) is 0 Å². The van der Waals surface area contributed by atoms with Crippen LogP contribution in [0.1, 0.15) is 29.6 Å². The van der Waals surface area contributed by atoms with Crippen molar-refractivity contribution in [2.45, 2.75) is 31.3 Å². The molecule has 5 heteroatoms. The first-order valence-corrected chi connectivity index (χ1v) is 7.09. The van der Waals surface area contributed by atoms with Crippen molar-refractivity contribution in [2.24, 2.45) is 0 Å². The molecule has 2 saturated heterocycles. The average Bonchev–Trinajstić information content (AvgIpc) is 2.65. The molecule has 2 N–H and O–H groups in total. The number of amides is 1. The third kappa shape index (κ3) is 2.22. The molecule has 2 atom stereocenters. The number of likely N-dealkylation sites (N-methyl/N-ethyl adjacent to an activating group) is 1. The van der Waals surface area contributed by atoms with Gasteiger partial charge in [-0.15, -0.1) is 0 Å². The highest BCUT2D eigenvalue weighted by molar-refractivity contribution is 5.97. The normalized spacial score (nSPS) is 26.6. The molecule has 20 heavy (non-hydrogen) atoms. The maximum absolute atomic E-state index is 12.5. The van der Waals surface area contributed by atoms with Crippen LogP contribution < -0.4 is 0 Å². The Balaban J connectivity index is 1.82. The van der Waals surface area contributed by atoms with Crippen LogP contribution in [0.2, 0.25) is 0 Å². The summed E-state index contributed by atoms with van der Waals surface area (Å²) in [6.07, 6.45) is 3.30. The summed E-state index contributed by atoms with van der Waals surface area (Å²) in [6.45, 7) is 1.40. The predicted octanol–water partition coefficient (Wildman–Crippen LogP) is 1.41. The molecule has 1 aromatic rings. The molecule has 3 rings (SSSR count). The molecule has 2 aliphatic heterocycles. The van der Waals surface area contributed by atoms with Crippen molar-refractivity contribution < 1.29 is 15.0 Å². The zero-order chi connectivity index (χ0) is 14.3. The first kappa shape index (κ1) is 13.2. The lowest BCUT2D eigenvalue weighted by atomic mass is 10.1. The Bertz CT molecular complexity index is 532. The van der Waals surface area contributed by atoms with E-state index < -0.39 is 0 Å². The van der Waals surface area contributed by atoms with Gasteiger partial charge in [0, 0.05) is 25.2 Å². The molecule has 2 heterocycles. The number of hydrogen-bond donors (Lipinski definition) is 2. The van der Waals surface area contributed by atoms with Crippen LogP contribution in [0.15, 0.2) is 18.2 Å². The molecular weight excluding hydrogens is 256 g/mol. The Hall–Kier alpha value is -1.75. The molecule has 5 nitrogen and oxygen atoms in total. The van der Waals surface area contributed by atoms with Crippen molar-refractivity contribution in [3.8, 4) is 11.5 Å². The van der Waals surface area contributed by atoms with E-state index in [4.69, 9.17) is 0 Å². The molecule has 0 aliphatic carbocycles. The minimum Gasteiger partial charge on any atom is -0.508 e. The fourth-order valence-corrected chi connectivity index (χ4v) is 3.36. The third-order valence-corrected chi connectivity index (χ3v) is 4.65. The number of benzene rings is 1. The van der Waals surface area contributed by atoms with E-state index in [-0.39, 0.29) is 23.0 Å². The van der Waals surface area contributed by atoms with Gasteiger partial charge < -0.3 is 15.1 Å². The van der Waals surface area contributed by atoms with E-state index in [9.17, 15) is 15.0 Å². The first-order valence-electron chi connectivity index (χ1n) is 7.09. The van der Waals surface area contributed by atoms with Gasteiger partial charge >= 0.3 is 0 Å². The van der Waals surface area contributed by atoms with Crippen LogP contribution >= 0.6 is 0 Å². The molecule has 2 fully saturated rings. The number of carbonyl (C=O) groups is 1. The first-order chi connectivity index (χ1) is 9.56. The second-order valence-corrected chi connectivity index (χ2v) is 5.79. The standard InChI is InChI=1S/C15H20N2O3/c1-16-10-2-3-11(16)9-17(7-6-10)15(20)13-8-12(18)4-5-14(13)19/h4-5,8,10-11,18-19H,2-3,6-7,9H2,1H3. The summed E-state index contributed by atoms with van der Waals surface area (Å²) in [4.78, 5) is 16.7. The number of rotatable bonds is 1. The van der Waals surface area contributed by atoms with Crippen molar-refractivity contribution in [3.63, 3.8) is 0 Å². The molecule has 2 bridgehead atoms. The highest BCUT2D eigenvalue weighted by atomic mass is 16.3. The maximum atomic E-state index is 12.5. The van der Waals surface area contributed by atoms with Crippen molar-refractivity contribution in [1.82, 2.24) is 9.80 Å². The molecule has 1 aromatic carbocycles. The number of phenols is 2. The van der Waals surface area contributed by atoms with Gasteiger partial charge in [0.05, 0.1) is 5.56 Å². The van der Waals surface area contributed by atoms with Gasteiger partial charge in [-0.3, -0.25) is 9.69 Å². The van der Waals surface area contributed by atoms with E-state index in [2.05, 4.69) is 11.9 Å². The summed E-state index contributed by atoms with van der Waals surface area (Å²) < 4.78 is 0. The Labute approximate surface area is 118 Å². The Morgan fingerprint density at radius 2 is 1.95 bits per heavy atom. The van der Waals surface area contributed by atoms with Crippen LogP contribution in [0.3, 0.4) is 0 Å². The van der Waals surface area contributed by atoms with Gasteiger partial charge in [0.2, 0.25) is 0 Å². The summed E-state index contributed by atoms with van der Waals surface area (Å²) in [5.74, 6) is -0.269. The van der Waals surface area contributed by atoms with Crippen LogP contribution in [-0.2, 0) is 0 Å². The van der Waals surface area contributed by atoms with Gasteiger partial charge in [0.1, 0.15) is 11.5 Å². The van der Waals surface area contributed by atoms with Crippen LogP contribution in [0, 0.1) is 0 Å². The number of aromatic hydroxyl groups is 2. The highest BCUT2D eigenvalue weighted by Crippen LogP contribution is 2.30. The zero-order valence-corrected chi connectivity index (χ0v) is 11.6. The Kier molecular flexibility index (Phi) is 3.30. The summed E-state index contributed by atoms with van der Waals surface area (Å²) in [5, 5.41) is 19.3. The van der Waals surface area contributed by atoms with Crippen LogP contribution in [-0.4, -0.2) is 58.1 Å². The molecule has 0 radical (unpaired) electrons. The fraction of sp³-hybridized carbons (Fsp3) is 0.533. The molecule has 2 aliphatic rings. The monoisotopic (exact) mass is 276 g/mol. The largest absolute Gasteiger partial charge is 0.508 e. The average molecular weight is 276 g/mol. The van der Waals surface area contributed by atoms with E-state index in [1.54, 1.807) is 4.90 Å². The molecule has 1 amide bonds. The topological polar surface area (TPSA) is 64.0 Å². The Morgan fingerprint density at radius 3 is 2.75 bits per heavy atom. The van der Waals surface area contributed by atoms with E-state index in [1.165, 1.54) is 24.6 Å². The number of carbonyl (C=O) groups excluding carboxylic acids is 1. The lowest BCUT2D eigenvalue weighted by Crippen LogP contribution is -2.39. The summed E-state index contributed by atoms with van der Waals surface area (Å²) in [5.41, 5.74) is 0.186. The molecule has 0 saturated carbocycles. The number of hydrogen-bond acceptors (Lipinski definition) is 4. The molecule has 0 aromatic heterocycles. The van der Waals surface area contributed by atoms with Crippen molar-refractivity contribution in [2.75, 3.05) is 20.1 Å². The van der Waals surface area contributed by atoms with E-state index in [0.717, 1.165) is 12.8 Å². The van der Waals surface area contributed by atoms with E-state index >= 15 is 0 Å². The number of phenolic OH excluding ortho intramolecular Hbond substituents is 2. The van der Waals surface area contributed by atoms with Gasteiger partial charge in [-0.05, 0) is 44.5 Å². The van der Waals surface area contributed by atoms with E-state index in [0.29, 0.717) is 25.2 Å². The summed E-state index contributed by atoms with van der Waals surface area (Å²) >= 11 is 0. The quantitative estimate of drug-likeness (QED) is 0.761. The summed E-state index contributed by atoms with van der Waals surface area (Å²) in [7, 11) is 2.13. The number of fused-ring (bicyclic) bond motifs is 2. The van der Waals surface area contributed by atoms with Gasteiger partial charge in [0.15, 0.2) is 0 Å². The molecular formula is C15H20N2O3. The van der Waals surface area contributed by atoms with Crippen LogP contribution in [0.25, 0.3) is 0 Å². The van der Waals surface area contributed by atoms with Crippen molar-refractivity contribution in [3.05, 3.63) is 23.8 Å². The van der Waals surface area contributed by atoms with Gasteiger partial charge in [-0.2, -0.15) is 0 Å². The predicted molar refractivity (Wildman–Crippen MR) is 74.9 cm³/mol. The SMILES string of the molecule is CN1C2CCC1CN(C(=O)c1cc(O)ccc1O)CC2. The number of likely N-dealkylation sites (tertiary alicyclic amines) is 1. The van der Waals surface area contributed by atoms with Gasteiger partial charge in [0.25, 0.3) is 5.91 Å². The number of nitrogens with zero attached hydrogens (tertiary/aromatic N) is 2. The molecule has 0 spiro atoms. The van der Waals surface area contributed by atoms with E-state index in [1.807, 2.05) is 0 Å². The maximum Gasteiger partial charge on any atom is 0.257 e. The Morgan fingerprint density at radius 1 is 1.20 bits per heavy atom. The van der Waals surface area contributed by atoms with Gasteiger partial charge in [-0.1, -0.05) is 0 Å². The van der Waals surface area contributed by atoms with Crippen molar-refractivity contribution >= 4 is 5.91 Å². The van der Waals surface area contributed by atoms with Crippen molar-refractivity contribution in [1.29, 1.82) is 0 Å².